The Hall–Kier alpha value is -7.00. The van der Waals surface area contributed by atoms with Gasteiger partial charge in [0.1, 0.15) is 34.5 Å². The summed E-state index contributed by atoms with van der Waals surface area (Å²) in [6.45, 7) is 0. The van der Waals surface area contributed by atoms with Gasteiger partial charge in [0.05, 0.1) is 23.3 Å². The average Bonchev–Trinajstić information content (AvgIpc) is 3.70. The molecule has 0 aliphatic rings. The molecule has 0 spiro atoms. The molecule has 4 heterocycles. The zero-order valence-corrected chi connectivity index (χ0v) is 25.2. The lowest BCUT2D eigenvalue weighted by atomic mass is 9.99. The maximum absolute atomic E-state index is 13.4. The van der Waals surface area contributed by atoms with Crippen molar-refractivity contribution in [3.8, 4) is 45.7 Å². The van der Waals surface area contributed by atoms with Crippen LogP contribution in [0.3, 0.4) is 0 Å². The van der Waals surface area contributed by atoms with Crippen LogP contribution in [0.1, 0.15) is 15.9 Å². The minimum Gasteiger partial charge on any atom is -0.455 e. The van der Waals surface area contributed by atoms with Gasteiger partial charge in [-0.15, -0.1) is 0 Å². The van der Waals surface area contributed by atoms with Crippen molar-refractivity contribution in [3.63, 3.8) is 0 Å². The number of rotatable bonds is 7. The zero-order chi connectivity index (χ0) is 33.4. The molecule has 0 fully saturated rings. The van der Waals surface area contributed by atoms with Crippen LogP contribution < -0.4 is 21.3 Å². The van der Waals surface area contributed by atoms with Gasteiger partial charge < -0.3 is 20.2 Å². The smallest absolute Gasteiger partial charge is 0.267 e. The van der Waals surface area contributed by atoms with Gasteiger partial charge >= 0.3 is 0 Å². The fraction of sp³-hybridized carbons (Fsp3) is 0.0278. The lowest BCUT2D eigenvalue weighted by Gasteiger charge is -2.12. The number of aryl methyl sites for hydroxylation is 1. The van der Waals surface area contributed by atoms with Crippen LogP contribution >= 0.6 is 0 Å². The van der Waals surface area contributed by atoms with Crippen LogP contribution in [-0.4, -0.2) is 25.2 Å². The predicted molar refractivity (Wildman–Crippen MR) is 177 cm³/mol. The van der Waals surface area contributed by atoms with Crippen LogP contribution in [0, 0.1) is 17.1 Å². The topological polar surface area (TPSA) is 154 Å². The number of nitrogens with zero attached hydrogens (tertiary/aromatic N) is 5. The lowest BCUT2D eigenvalue weighted by molar-refractivity contribution is 0.102. The van der Waals surface area contributed by atoms with Gasteiger partial charge in [0.25, 0.3) is 11.5 Å². The second kappa shape index (κ2) is 12.1. The lowest BCUT2D eigenvalue weighted by Crippen LogP contribution is -2.27. The van der Waals surface area contributed by atoms with E-state index < -0.39 is 17.3 Å². The zero-order valence-electron chi connectivity index (χ0n) is 25.2. The van der Waals surface area contributed by atoms with E-state index in [9.17, 15) is 19.2 Å². The summed E-state index contributed by atoms with van der Waals surface area (Å²) in [5.41, 5.74) is 9.31. The Kier molecular flexibility index (Phi) is 7.47. The van der Waals surface area contributed by atoms with Crippen LogP contribution in [0.2, 0.25) is 0 Å². The van der Waals surface area contributed by atoms with Crippen molar-refractivity contribution in [1.82, 2.24) is 19.3 Å². The molecule has 48 heavy (non-hydrogen) atoms. The molecule has 0 radical (unpaired) electrons. The molecule has 0 atom stereocenters. The third kappa shape index (κ3) is 5.52. The molecule has 1 amide bonds. The molecule has 0 unspecified atom stereocenters. The highest BCUT2D eigenvalue weighted by Crippen LogP contribution is 2.46. The first-order valence-corrected chi connectivity index (χ1v) is 14.6. The molecule has 11 nitrogen and oxygen atoms in total. The largest absolute Gasteiger partial charge is 0.455 e. The normalized spacial score (nSPS) is 10.9. The molecule has 3 aromatic carbocycles. The number of hydrogen-bond donors (Lipinski definition) is 2. The monoisotopic (exact) mass is 637 g/mol. The highest BCUT2D eigenvalue weighted by molar-refractivity contribution is 6.05. The Bertz CT molecular complexity index is 2440. The van der Waals surface area contributed by atoms with Crippen molar-refractivity contribution >= 4 is 28.4 Å². The predicted octanol–water partition coefficient (Wildman–Crippen LogP) is 6.68. The van der Waals surface area contributed by atoms with Gasteiger partial charge in [0.15, 0.2) is 5.75 Å². The van der Waals surface area contributed by atoms with Gasteiger partial charge in [-0.2, -0.15) is 10.4 Å². The molecule has 12 heteroatoms. The molecular weight excluding hydrogens is 613 g/mol. The number of pyridine rings is 2. The molecule has 0 bridgehead atoms. The third-order valence-corrected chi connectivity index (χ3v) is 7.56. The number of furan rings is 1. The minimum atomic E-state index is -0.624. The van der Waals surface area contributed by atoms with Gasteiger partial charge in [-0.25, -0.2) is 9.37 Å². The Morgan fingerprint density at radius 2 is 1.81 bits per heavy atom. The van der Waals surface area contributed by atoms with Crippen molar-refractivity contribution in [2.24, 2.45) is 7.05 Å². The Morgan fingerprint density at radius 3 is 2.52 bits per heavy atom. The van der Waals surface area contributed by atoms with Crippen LogP contribution in [0.25, 0.3) is 39.2 Å². The summed E-state index contributed by atoms with van der Waals surface area (Å²) in [5, 5.41) is 17.5. The SMILES string of the molecule is Cn1cc(-c2oc3ncc(C#N)c(Oc4ccc(NC(=O)c5cccn(-c6ccc(F)cc6)c5=O)cc4)c3c2-c2cccc(N)c2)cn1. The number of ether oxygens (including phenoxy) is 1. The molecule has 7 aromatic rings. The van der Waals surface area contributed by atoms with Crippen LogP contribution in [-0.2, 0) is 7.05 Å². The maximum atomic E-state index is 13.4. The fourth-order valence-corrected chi connectivity index (χ4v) is 5.33. The van der Waals surface area contributed by atoms with E-state index in [1.807, 2.05) is 12.1 Å². The summed E-state index contributed by atoms with van der Waals surface area (Å²) in [6, 6.07) is 24.2. The number of nitrogens with two attached hydrogens (primary N) is 1. The van der Waals surface area contributed by atoms with Gasteiger partial charge in [-0.05, 0) is 78.4 Å². The quantitative estimate of drug-likeness (QED) is 0.183. The van der Waals surface area contributed by atoms with E-state index in [2.05, 4.69) is 21.5 Å². The number of amides is 1. The third-order valence-electron chi connectivity index (χ3n) is 7.56. The molecule has 234 valence electrons. The molecule has 0 aliphatic heterocycles. The van der Waals surface area contributed by atoms with Crippen LogP contribution in [0.5, 0.6) is 11.5 Å². The highest BCUT2D eigenvalue weighted by atomic mass is 19.1. The molecule has 4 aromatic heterocycles. The number of halogens is 1. The number of nitrogen functional groups attached to an aromatic ring is 1. The number of anilines is 2. The summed E-state index contributed by atoms with van der Waals surface area (Å²) in [6.07, 6.45) is 6.35. The number of nitriles is 1. The Morgan fingerprint density at radius 1 is 1.02 bits per heavy atom. The van der Waals surface area contributed by atoms with Crippen molar-refractivity contribution in [1.29, 1.82) is 5.26 Å². The summed E-state index contributed by atoms with van der Waals surface area (Å²) < 4.78 is 28.9. The molecule has 0 saturated carbocycles. The van der Waals surface area contributed by atoms with E-state index in [4.69, 9.17) is 14.9 Å². The number of carbonyl (C=O) groups is 1. The highest BCUT2D eigenvalue weighted by Gasteiger charge is 2.26. The van der Waals surface area contributed by atoms with Gasteiger partial charge in [-0.3, -0.25) is 18.8 Å². The van der Waals surface area contributed by atoms with Crippen molar-refractivity contribution in [3.05, 3.63) is 137 Å². The Labute approximate surface area is 271 Å². The van der Waals surface area contributed by atoms with E-state index in [-0.39, 0.29) is 22.6 Å². The number of nitrogens with one attached hydrogen (secondary N) is 1. The Balaban J connectivity index is 1.22. The molecule has 0 saturated heterocycles. The number of carbonyl (C=O) groups excluding carboxylic acids is 1. The number of fused-ring (bicyclic) bond motifs is 1. The van der Waals surface area contributed by atoms with E-state index in [1.165, 1.54) is 47.3 Å². The maximum Gasteiger partial charge on any atom is 0.267 e. The number of hydrogen-bond acceptors (Lipinski definition) is 8. The fourth-order valence-electron chi connectivity index (χ4n) is 5.33. The summed E-state index contributed by atoms with van der Waals surface area (Å²) in [4.78, 5) is 30.6. The van der Waals surface area contributed by atoms with Crippen molar-refractivity contribution in [2.75, 3.05) is 11.1 Å². The van der Waals surface area contributed by atoms with Crippen LogP contribution in [0.4, 0.5) is 15.8 Å². The summed E-state index contributed by atoms with van der Waals surface area (Å²) >= 11 is 0. The summed E-state index contributed by atoms with van der Waals surface area (Å²) in [7, 11) is 1.79. The molecule has 7 rings (SSSR count). The molecule has 0 aliphatic carbocycles. The molecule has 3 N–H and O–H groups in total. The van der Waals surface area contributed by atoms with Gasteiger partial charge in [0, 0.05) is 42.1 Å². The van der Waals surface area contributed by atoms with E-state index in [0.29, 0.717) is 45.1 Å². The van der Waals surface area contributed by atoms with E-state index >= 15 is 0 Å². The van der Waals surface area contributed by atoms with Crippen LogP contribution in [0.15, 0.2) is 119 Å². The minimum absolute atomic E-state index is 0.0987. The van der Waals surface area contributed by atoms with Crippen molar-refractivity contribution in [2.45, 2.75) is 0 Å². The number of aromatic nitrogens is 4. The number of benzene rings is 3. The second-order valence-electron chi connectivity index (χ2n) is 10.8. The first-order chi connectivity index (χ1) is 23.3. The first-order valence-electron chi connectivity index (χ1n) is 14.6. The van der Waals surface area contributed by atoms with Gasteiger partial charge in [-0.1, -0.05) is 12.1 Å². The standard InChI is InChI=1S/C36H24FN7O4/c1-43-20-23(19-41-43)33-30(21-4-2-5-25(39)16-21)31-32(22(17-38)18-40-35(31)48-33)47-28-13-9-26(10-14-28)42-34(45)29-6-3-15-44(36(29)46)27-11-7-24(37)8-12-27/h2-16,18-20H,39H2,1H3,(H,42,45). The summed E-state index contributed by atoms with van der Waals surface area (Å²) in [5.74, 6) is 0.0000903. The van der Waals surface area contributed by atoms with Crippen molar-refractivity contribution < 1.29 is 18.3 Å². The van der Waals surface area contributed by atoms with Gasteiger partial charge in [0.2, 0.25) is 5.71 Å². The average molecular weight is 638 g/mol. The van der Waals surface area contributed by atoms with E-state index in [0.717, 1.165) is 5.56 Å². The second-order valence-corrected chi connectivity index (χ2v) is 10.8. The molecular formula is C36H24FN7O4. The first kappa shape index (κ1) is 29.7. The van der Waals surface area contributed by atoms with E-state index in [1.54, 1.807) is 66.6 Å².